The van der Waals surface area contributed by atoms with Gasteiger partial charge in [0.15, 0.2) is 0 Å². The Morgan fingerprint density at radius 2 is 2.57 bits per heavy atom. The largest absolute Gasteiger partial charge is 0.265 e. The first kappa shape index (κ1) is 3.19. The zero-order valence-corrected chi connectivity index (χ0v) is 3.83. The van der Waals surface area contributed by atoms with Crippen LogP contribution < -0.4 is 0 Å². The molecule has 1 heterocycles. The minimum atomic E-state index is 0.664. The van der Waals surface area contributed by atoms with Crippen LogP contribution in [0.4, 0.5) is 0 Å². The maximum absolute atomic E-state index is 3.93. The van der Waals surface area contributed by atoms with E-state index in [0.29, 0.717) is 5.92 Å². The van der Waals surface area contributed by atoms with Crippen LogP contribution in [-0.2, 0) is 0 Å². The molecule has 1 aliphatic carbocycles. The van der Waals surface area contributed by atoms with Gasteiger partial charge in [0.25, 0.3) is 0 Å². The van der Waals surface area contributed by atoms with Crippen LogP contribution in [0, 0.1) is 5.92 Å². The molecule has 0 saturated heterocycles. The third-order valence-corrected chi connectivity index (χ3v) is 1.25. The molecule has 1 unspecified atom stereocenters. The molecule has 34 valence electrons. The molecule has 1 aliphatic heterocycles. The molecule has 0 spiro atoms. The van der Waals surface area contributed by atoms with Gasteiger partial charge in [0, 0.05) is 18.3 Å². The molecular weight excluding hydrogens is 86.1 g/mol. The number of allylic oxidation sites excluding steroid dienone is 3. The highest BCUT2D eigenvalue weighted by molar-refractivity contribution is 5.87. The first-order chi connectivity index (χ1) is 3.47. The zero-order valence-electron chi connectivity index (χ0n) is 3.83. The van der Waals surface area contributed by atoms with Gasteiger partial charge in [0.2, 0.25) is 0 Å². The van der Waals surface area contributed by atoms with E-state index in [1.165, 1.54) is 5.57 Å². The summed E-state index contributed by atoms with van der Waals surface area (Å²) in [4.78, 5) is 3.93. The average Bonchev–Trinajstić information content (AvgIpc) is 2.41. The Balaban J connectivity index is 2.38. The van der Waals surface area contributed by atoms with Crippen molar-refractivity contribution in [2.75, 3.05) is 0 Å². The van der Waals surface area contributed by atoms with Crippen molar-refractivity contribution in [3.63, 3.8) is 0 Å². The number of rotatable bonds is 0. The highest BCUT2D eigenvalue weighted by atomic mass is 14.7. The Kier molecular flexibility index (Phi) is 0.392. The number of aliphatic imine (C=N–C) groups is 1. The smallest absolute Gasteiger partial charge is 0.0306 e. The fraction of sp³-hybridized carbons (Fsp3) is 0.167. The summed E-state index contributed by atoms with van der Waals surface area (Å²) in [6.07, 6.45) is 8.03. The highest BCUT2D eigenvalue weighted by Gasteiger charge is 2.20. The van der Waals surface area contributed by atoms with Crippen LogP contribution in [0.1, 0.15) is 0 Å². The van der Waals surface area contributed by atoms with Gasteiger partial charge in [0.1, 0.15) is 0 Å². The van der Waals surface area contributed by atoms with Gasteiger partial charge in [-0.05, 0) is 5.57 Å². The third kappa shape index (κ3) is 0.346. The Hall–Kier alpha value is -0.850. The molecular formula is C6H5N. The standard InChI is InChI=1S/C6H5N/c1-2-7-4-6-3-5(1)6/h1-5H. The third-order valence-electron chi connectivity index (χ3n) is 1.25. The molecule has 0 N–H and O–H groups in total. The lowest BCUT2D eigenvalue weighted by Crippen LogP contribution is -1.79. The summed E-state index contributed by atoms with van der Waals surface area (Å²) in [6.45, 7) is 0. The van der Waals surface area contributed by atoms with Crippen molar-refractivity contribution < 1.29 is 0 Å². The van der Waals surface area contributed by atoms with E-state index in [-0.39, 0.29) is 0 Å². The Morgan fingerprint density at radius 1 is 1.57 bits per heavy atom. The van der Waals surface area contributed by atoms with E-state index in [1.807, 2.05) is 12.4 Å². The molecule has 1 atom stereocenters. The van der Waals surface area contributed by atoms with Gasteiger partial charge in [-0.3, -0.25) is 4.99 Å². The van der Waals surface area contributed by atoms with Crippen LogP contribution in [0.15, 0.2) is 28.9 Å². The number of hydrogen-bond donors (Lipinski definition) is 0. The van der Waals surface area contributed by atoms with E-state index < -0.39 is 0 Å². The fourth-order valence-electron chi connectivity index (χ4n) is 0.727. The van der Waals surface area contributed by atoms with E-state index in [1.54, 1.807) is 0 Å². The molecule has 0 aromatic heterocycles. The molecule has 1 nitrogen and oxygen atoms in total. The number of nitrogens with zero attached hydrogens (tertiary/aromatic N) is 1. The fourth-order valence-corrected chi connectivity index (χ4v) is 0.727. The summed E-state index contributed by atoms with van der Waals surface area (Å²) in [7, 11) is 0. The zero-order chi connectivity index (χ0) is 4.69. The molecule has 0 aromatic carbocycles. The summed E-state index contributed by atoms with van der Waals surface area (Å²) in [5, 5.41) is 0. The van der Waals surface area contributed by atoms with Gasteiger partial charge < -0.3 is 0 Å². The summed E-state index contributed by atoms with van der Waals surface area (Å²) >= 11 is 0. The van der Waals surface area contributed by atoms with E-state index in [0.717, 1.165) is 0 Å². The molecule has 1 heteroatoms. The van der Waals surface area contributed by atoms with E-state index in [2.05, 4.69) is 17.1 Å². The second kappa shape index (κ2) is 0.861. The van der Waals surface area contributed by atoms with Crippen molar-refractivity contribution in [2.45, 2.75) is 0 Å². The van der Waals surface area contributed by atoms with Crippen molar-refractivity contribution in [1.82, 2.24) is 0 Å². The second-order valence-electron chi connectivity index (χ2n) is 1.81. The summed E-state index contributed by atoms with van der Waals surface area (Å²) in [5.41, 5.74) is 1.38. The van der Waals surface area contributed by atoms with Crippen LogP contribution in [0.3, 0.4) is 0 Å². The lowest BCUT2D eigenvalue weighted by molar-refractivity contribution is 1.19. The van der Waals surface area contributed by atoms with Crippen LogP contribution in [0.2, 0.25) is 0 Å². The average molecular weight is 91.1 g/mol. The Bertz CT molecular complexity index is 175. The van der Waals surface area contributed by atoms with Gasteiger partial charge >= 0.3 is 0 Å². The van der Waals surface area contributed by atoms with Crippen molar-refractivity contribution >= 4 is 6.21 Å². The predicted octanol–water partition coefficient (Wildman–Crippen LogP) is 1.14. The normalized spacial score (nSPS) is 32.0. The minimum absolute atomic E-state index is 0.664. The lowest BCUT2D eigenvalue weighted by Gasteiger charge is -1.87. The van der Waals surface area contributed by atoms with Gasteiger partial charge in [0.05, 0.1) is 0 Å². The molecule has 2 aliphatic rings. The van der Waals surface area contributed by atoms with Crippen LogP contribution in [-0.4, -0.2) is 6.21 Å². The SMILES string of the molecule is C1=CC2C=C2C=N1. The van der Waals surface area contributed by atoms with Gasteiger partial charge in [-0.15, -0.1) is 0 Å². The quantitative estimate of drug-likeness (QED) is 0.424. The Morgan fingerprint density at radius 3 is 3.14 bits per heavy atom. The molecule has 7 heavy (non-hydrogen) atoms. The Labute approximate surface area is 42.1 Å². The first-order valence-electron chi connectivity index (χ1n) is 2.38. The maximum Gasteiger partial charge on any atom is 0.0306 e. The topological polar surface area (TPSA) is 12.4 Å². The van der Waals surface area contributed by atoms with Crippen LogP contribution in [0.5, 0.6) is 0 Å². The monoisotopic (exact) mass is 91.0 g/mol. The van der Waals surface area contributed by atoms with Crippen molar-refractivity contribution in [3.05, 3.63) is 23.9 Å². The van der Waals surface area contributed by atoms with E-state index in [4.69, 9.17) is 0 Å². The molecule has 2 rings (SSSR count). The number of hydrogen-bond acceptors (Lipinski definition) is 1. The van der Waals surface area contributed by atoms with E-state index in [9.17, 15) is 0 Å². The maximum atomic E-state index is 3.93. The molecule has 0 radical (unpaired) electrons. The molecule has 0 aromatic rings. The lowest BCUT2D eigenvalue weighted by atomic mass is 10.3. The van der Waals surface area contributed by atoms with Gasteiger partial charge in [-0.1, -0.05) is 12.2 Å². The van der Waals surface area contributed by atoms with Crippen molar-refractivity contribution in [2.24, 2.45) is 10.9 Å². The van der Waals surface area contributed by atoms with E-state index >= 15 is 0 Å². The summed E-state index contributed by atoms with van der Waals surface area (Å²) < 4.78 is 0. The second-order valence-corrected chi connectivity index (χ2v) is 1.81. The van der Waals surface area contributed by atoms with Crippen LogP contribution in [0.25, 0.3) is 0 Å². The van der Waals surface area contributed by atoms with Gasteiger partial charge in [-0.25, -0.2) is 0 Å². The summed E-state index contributed by atoms with van der Waals surface area (Å²) in [6, 6.07) is 0. The molecule has 0 fully saturated rings. The van der Waals surface area contributed by atoms with Crippen LogP contribution >= 0.6 is 0 Å². The minimum Gasteiger partial charge on any atom is -0.265 e. The molecule has 0 bridgehead atoms. The highest BCUT2D eigenvalue weighted by Crippen LogP contribution is 2.29. The molecule has 0 amide bonds. The van der Waals surface area contributed by atoms with Crippen molar-refractivity contribution in [3.8, 4) is 0 Å². The first-order valence-corrected chi connectivity index (χ1v) is 2.38. The number of fused-ring (bicyclic) bond motifs is 1. The predicted molar refractivity (Wildman–Crippen MR) is 29.2 cm³/mol. The van der Waals surface area contributed by atoms with Crippen molar-refractivity contribution in [1.29, 1.82) is 0 Å². The molecule has 0 saturated carbocycles. The summed E-state index contributed by atoms with van der Waals surface area (Å²) in [5.74, 6) is 0.664. The van der Waals surface area contributed by atoms with Gasteiger partial charge in [-0.2, -0.15) is 0 Å².